The number of hydrogen-bond acceptors (Lipinski definition) is 4. The second kappa shape index (κ2) is 9.88. The summed E-state index contributed by atoms with van der Waals surface area (Å²) in [7, 11) is 0. The molecule has 0 amide bonds. The molecule has 1 aliphatic heterocycles. The van der Waals surface area contributed by atoms with Crippen LogP contribution in [0.2, 0.25) is 0 Å². The van der Waals surface area contributed by atoms with Crippen molar-refractivity contribution in [1.29, 1.82) is 0 Å². The maximum atomic E-state index is 10.2. The maximum absolute atomic E-state index is 10.2. The van der Waals surface area contributed by atoms with Crippen molar-refractivity contribution in [3.05, 3.63) is 65.2 Å². The van der Waals surface area contributed by atoms with Crippen molar-refractivity contribution >= 4 is 0 Å². The van der Waals surface area contributed by atoms with E-state index in [4.69, 9.17) is 9.47 Å². The van der Waals surface area contributed by atoms with Crippen molar-refractivity contribution < 1.29 is 14.6 Å². The van der Waals surface area contributed by atoms with E-state index in [2.05, 4.69) is 55.1 Å². The molecule has 1 heterocycles. The number of benzene rings is 2. The fourth-order valence-electron chi connectivity index (χ4n) is 3.45. The molecule has 0 fully saturated rings. The molecule has 0 saturated heterocycles. The van der Waals surface area contributed by atoms with E-state index in [9.17, 15) is 5.11 Å². The summed E-state index contributed by atoms with van der Waals surface area (Å²) in [5.74, 6) is 1.38. The minimum absolute atomic E-state index is 0.341. The molecule has 146 valence electrons. The molecule has 1 unspecified atom stereocenters. The molecule has 1 N–H and O–H groups in total. The summed E-state index contributed by atoms with van der Waals surface area (Å²) >= 11 is 0. The largest absolute Gasteiger partial charge is 0.491 e. The third kappa shape index (κ3) is 6.06. The molecular formula is C23H31NO3. The highest BCUT2D eigenvalue weighted by molar-refractivity contribution is 5.29. The molecule has 27 heavy (non-hydrogen) atoms. The number of fused-ring (bicyclic) bond motifs is 1. The van der Waals surface area contributed by atoms with Crippen LogP contribution in [0.25, 0.3) is 0 Å². The lowest BCUT2D eigenvalue weighted by atomic mass is 10.00. The zero-order chi connectivity index (χ0) is 19.1. The van der Waals surface area contributed by atoms with Gasteiger partial charge in [0.05, 0.1) is 19.3 Å². The Labute approximate surface area is 162 Å². The Morgan fingerprint density at radius 2 is 1.74 bits per heavy atom. The van der Waals surface area contributed by atoms with Crippen LogP contribution in [0.4, 0.5) is 0 Å². The molecule has 0 aliphatic carbocycles. The van der Waals surface area contributed by atoms with Gasteiger partial charge < -0.3 is 14.6 Å². The molecule has 3 rings (SSSR count). The smallest absolute Gasteiger partial charge is 0.119 e. The van der Waals surface area contributed by atoms with Crippen LogP contribution in [-0.2, 0) is 17.7 Å². The van der Waals surface area contributed by atoms with E-state index in [1.165, 1.54) is 16.7 Å². The topological polar surface area (TPSA) is 41.9 Å². The second-order valence-corrected chi connectivity index (χ2v) is 7.55. The van der Waals surface area contributed by atoms with Gasteiger partial charge in [0, 0.05) is 19.6 Å². The number of nitrogens with zero attached hydrogens (tertiary/aromatic N) is 1. The first-order chi connectivity index (χ1) is 13.1. The van der Waals surface area contributed by atoms with Gasteiger partial charge in [-0.25, -0.2) is 0 Å². The Kier molecular flexibility index (Phi) is 7.27. The lowest BCUT2D eigenvalue weighted by Crippen LogP contribution is -2.38. The predicted octanol–water partition coefficient (Wildman–Crippen LogP) is 3.62. The standard InChI is InChI=1S/C23H31NO3/c1-18(2)19-7-9-23(10-8-19)27-14-13-26-17-22(25)16-24-12-11-20-5-3-4-6-21(20)15-24/h3-10,18,22,25H,11-17H2,1-2H3. The Hall–Kier alpha value is -1.88. The van der Waals surface area contributed by atoms with Crippen molar-refractivity contribution in [2.24, 2.45) is 0 Å². The van der Waals surface area contributed by atoms with Crippen LogP contribution in [0.5, 0.6) is 5.75 Å². The molecule has 0 aromatic heterocycles. The number of β-amino-alcohol motifs (C(OH)–C–C–N with tert-alkyl or cyclic N) is 1. The molecule has 4 nitrogen and oxygen atoms in total. The Morgan fingerprint density at radius 3 is 2.48 bits per heavy atom. The molecular weight excluding hydrogens is 338 g/mol. The van der Waals surface area contributed by atoms with Gasteiger partial charge in [-0.05, 0) is 41.2 Å². The maximum Gasteiger partial charge on any atom is 0.119 e. The number of hydrogen-bond donors (Lipinski definition) is 1. The summed E-state index contributed by atoms with van der Waals surface area (Å²) in [4.78, 5) is 2.29. The number of aliphatic hydroxyl groups excluding tert-OH is 1. The Morgan fingerprint density at radius 1 is 1.00 bits per heavy atom. The van der Waals surface area contributed by atoms with Crippen LogP contribution in [-0.4, -0.2) is 49.0 Å². The van der Waals surface area contributed by atoms with E-state index >= 15 is 0 Å². The zero-order valence-electron chi connectivity index (χ0n) is 16.4. The van der Waals surface area contributed by atoms with Crippen molar-refractivity contribution in [2.75, 3.05) is 32.9 Å². The summed E-state index contributed by atoms with van der Waals surface area (Å²) in [6.07, 6.45) is 0.577. The predicted molar refractivity (Wildman–Crippen MR) is 108 cm³/mol. The first-order valence-corrected chi connectivity index (χ1v) is 9.89. The highest BCUT2D eigenvalue weighted by Crippen LogP contribution is 2.19. The van der Waals surface area contributed by atoms with E-state index in [1.54, 1.807) is 0 Å². The van der Waals surface area contributed by atoms with Crippen LogP contribution < -0.4 is 4.74 Å². The molecule has 1 atom stereocenters. The lowest BCUT2D eigenvalue weighted by Gasteiger charge is -2.30. The van der Waals surface area contributed by atoms with Gasteiger partial charge in [-0.3, -0.25) is 4.90 Å². The van der Waals surface area contributed by atoms with E-state index in [0.717, 1.165) is 25.3 Å². The number of rotatable bonds is 9. The summed E-state index contributed by atoms with van der Waals surface area (Å²) < 4.78 is 11.3. The zero-order valence-corrected chi connectivity index (χ0v) is 16.4. The summed E-state index contributed by atoms with van der Waals surface area (Å²) in [6, 6.07) is 16.7. The monoisotopic (exact) mass is 369 g/mol. The van der Waals surface area contributed by atoms with Crippen molar-refractivity contribution in [2.45, 2.75) is 38.8 Å². The summed E-state index contributed by atoms with van der Waals surface area (Å²) in [5, 5.41) is 10.2. The minimum Gasteiger partial charge on any atom is -0.491 e. The van der Waals surface area contributed by atoms with Gasteiger partial charge in [0.25, 0.3) is 0 Å². The molecule has 2 aromatic rings. The first kappa shape index (κ1) is 19.9. The van der Waals surface area contributed by atoms with Crippen molar-refractivity contribution in [3.63, 3.8) is 0 Å². The summed E-state index contributed by atoms with van der Waals surface area (Å²) in [6.45, 7) is 8.21. The van der Waals surface area contributed by atoms with Crippen molar-refractivity contribution in [1.82, 2.24) is 4.90 Å². The minimum atomic E-state index is -0.472. The van der Waals surface area contributed by atoms with Gasteiger partial charge in [0.2, 0.25) is 0 Å². The number of aliphatic hydroxyl groups is 1. The molecule has 0 radical (unpaired) electrons. The third-order valence-corrected chi connectivity index (χ3v) is 5.03. The molecule has 2 aromatic carbocycles. The quantitative estimate of drug-likeness (QED) is 0.686. The molecule has 1 aliphatic rings. The lowest BCUT2D eigenvalue weighted by molar-refractivity contribution is 0.00589. The molecule has 0 bridgehead atoms. The second-order valence-electron chi connectivity index (χ2n) is 7.55. The number of ether oxygens (including phenoxy) is 2. The van der Waals surface area contributed by atoms with Crippen molar-refractivity contribution in [3.8, 4) is 5.75 Å². The molecule has 0 saturated carbocycles. The van der Waals surface area contributed by atoms with Crippen LogP contribution in [0.15, 0.2) is 48.5 Å². The average molecular weight is 370 g/mol. The van der Waals surface area contributed by atoms with Gasteiger partial charge >= 0.3 is 0 Å². The van der Waals surface area contributed by atoms with E-state index in [1.807, 2.05) is 12.1 Å². The third-order valence-electron chi connectivity index (χ3n) is 5.03. The van der Waals surface area contributed by atoms with E-state index in [-0.39, 0.29) is 0 Å². The average Bonchev–Trinajstić information content (AvgIpc) is 2.68. The van der Waals surface area contributed by atoms with E-state index in [0.29, 0.717) is 32.3 Å². The SMILES string of the molecule is CC(C)c1ccc(OCCOCC(O)CN2CCc3ccccc3C2)cc1. The first-order valence-electron chi connectivity index (χ1n) is 9.89. The van der Waals surface area contributed by atoms with Gasteiger partial charge in [0.1, 0.15) is 12.4 Å². The van der Waals surface area contributed by atoms with Gasteiger partial charge in [-0.1, -0.05) is 50.2 Å². The van der Waals surface area contributed by atoms with Crippen LogP contribution in [0.1, 0.15) is 36.5 Å². The molecule has 0 spiro atoms. The Balaban J connectivity index is 1.30. The van der Waals surface area contributed by atoms with Crippen LogP contribution in [0.3, 0.4) is 0 Å². The normalized spacial score (nSPS) is 15.6. The Bertz CT molecular complexity index is 699. The van der Waals surface area contributed by atoms with Crippen LogP contribution in [0, 0.1) is 0 Å². The fraction of sp³-hybridized carbons (Fsp3) is 0.478. The van der Waals surface area contributed by atoms with Gasteiger partial charge in [-0.2, -0.15) is 0 Å². The molecule has 4 heteroatoms. The highest BCUT2D eigenvalue weighted by atomic mass is 16.5. The van der Waals surface area contributed by atoms with Gasteiger partial charge in [-0.15, -0.1) is 0 Å². The highest BCUT2D eigenvalue weighted by Gasteiger charge is 2.18. The fourth-order valence-corrected chi connectivity index (χ4v) is 3.45. The van der Waals surface area contributed by atoms with Gasteiger partial charge in [0.15, 0.2) is 0 Å². The van der Waals surface area contributed by atoms with Crippen LogP contribution >= 0.6 is 0 Å². The summed E-state index contributed by atoms with van der Waals surface area (Å²) in [5.41, 5.74) is 4.11. The van der Waals surface area contributed by atoms with E-state index < -0.39 is 6.10 Å².